The topological polar surface area (TPSA) is 489 Å². The van der Waals surface area contributed by atoms with E-state index >= 15 is 0 Å². The highest BCUT2D eigenvalue weighted by Crippen LogP contribution is 2.12. The number of aliphatic hydroxyl groups excluding tert-OH is 2. The Hall–Kier alpha value is -7.27. The number of carbonyl (C=O) groups excluding carboxylic acids is 10. The molecule has 0 fully saturated rings. The number of aromatic nitrogens is 2. The molecule has 71 heavy (non-hydrogen) atoms. The number of rotatable bonds is 33. The fourth-order valence-electron chi connectivity index (χ4n) is 6.53. The van der Waals surface area contributed by atoms with E-state index in [-0.39, 0.29) is 30.9 Å². The molecule has 0 saturated carbocycles. The van der Waals surface area contributed by atoms with Gasteiger partial charge in [-0.1, -0.05) is 48.0 Å². The summed E-state index contributed by atoms with van der Waals surface area (Å²) in [6.45, 7) is 7.66. The first kappa shape index (κ1) is 61.7. The third-order valence-electron chi connectivity index (χ3n) is 10.7. The summed E-state index contributed by atoms with van der Waals surface area (Å²) in [6, 6.07) is -14.6. The van der Waals surface area contributed by atoms with E-state index in [0.29, 0.717) is 0 Å². The van der Waals surface area contributed by atoms with E-state index < -0.39 is 176 Å². The Labute approximate surface area is 408 Å². The van der Waals surface area contributed by atoms with Crippen LogP contribution in [0.1, 0.15) is 85.8 Å². The summed E-state index contributed by atoms with van der Waals surface area (Å²) < 4.78 is 0. The Balaban J connectivity index is 3.43. The van der Waals surface area contributed by atoms with Crippen molar-refractivity contribution in [3.05, 3.63) is 18.2 Å². The number of carbonyl (C=O) groups is 12. The summed E-state index contributed by atoms with van der Waals surface area (Å²) in [5.74, 6) is -15.2. The van der Waals surface area contributed by atoms with Crippen molar-refractivity contribution in [2.75, 3.05) is 13.2 Å². The normalized spacial score (nSPS) is 15.4. The van der Waals surface area contributed by atoms with E-state index in [0.717, 1.165) is 0 Å². The summed E-state index contributed by atoms with van der Waals surface area (Å²) in [5.41, 5.74) is 16.7. The second-order valence-electron chi connectivity index (χ2n) is 17.5. The van der Waals surface area contributed by atoms with Gasteiger partial charge in [-0.25, -0.2) is 9.78 Å². The molecule has 0 saturated heterocycles. The molecule has 398 valence electrons. The van der Waals surface area contributed by atoms with Crippen molar-refractivity contribution in [3.8, 4) is 0 Å². The Morgan fingerprint density at radius 2 is 1.06 bits per heavy atom. The highest BCUT2D eigenvalue weighted by Gasteiger charge is 2.37. The van der Waals surface area contributed by atoms with Crippen molar-refractivity contribution >= 4 is 71.0 Å². The molecule has 0 aliphatic heterocycles. The number of nitrogens with one attached hydrogen (secondary N) is 9. The lowest BCUT2D eigenvalue weighted by molar-refractivity contribution is -0.144. The SMILES string of the molecule is CC[C@H](C)[C@H](NC(=O)[C@H](CCC(N)=O)NC(=O)[C@@H](NC(=O)[C@H](Cc1cnc[nH]1)NC(=O)[C@H](CO)NC(=O)[C@H](CC(=O)O)NC(=O)[C@H](CC(N)=O)NC(=O)[C@@H](N)CC(C)C)C(C)C)C(=O)N[C@@H](CO)C(=O)O. The lowest BCUT2D eigenvalue weighted by atomic mass is 9.97. The number of aromatic amines is 1. The molecule has 0 aliphatic rings. The van der Waals surface area contributed by atoms with E-state index in [9.17, 15) is 78.0 Å². The molecule has 0 aromatic carbocycles. The molecule has 0 spiro atoms. The van der Waals surface area contributed by atoms with Gasteiger partial charge in [-0.3, -0.25) is 52.7 Å². The number of hydrogen-bond acceptors (Lipinski definition) is 16. The van der Waals surface area contributed by atoms with E-state index in [4.69, 9.17) is 17.2 Å². The smallest absolute Gasteiger partial charge is 0.328 e. The third kappa shape index (κ3) is 21.9. The monoisotopic (exact) mass is 1010 g/mol. The van der Waals surface area contributed by atoms with Crippen molar-refractivity contribution in [2.24, 2.45) is 35.0 Å². The van der Waals surface area contributed by atoms with Crippen LogP contribution in [0.15, 0.2) is 12.5 Å². The second-order valence-corrected chi connectivity index (χ2v) is 17.5. The van der Waals surface area contributed by atoms with Gasteiger partial charge in [0.2, 0.25) is 59.1 Å². The number of carboxylic acid groups (broad SMARTS) is 2. The first-order chi connectivity index (χ1) is 33.1. The van der Waals surface area contributed by atoms with Crippen molar-refractivity contribution < 1.29 is 78.0 Å². The van der Waals surface area contributed by atoms with Gasteiger partial charge in [0.25, 0.3) is 0 Å². The molecule has 1 aromatic heterocycles. The molecule has 1 heterocycles. The summed E-state index contributed by atoms with van der Waals surface area (Å²) >= 11 is 0. The molecule has 29 heteroatoms. The molecule has 1 rings (SSSR count). The van der Waals surface area contributed by atoms with Crippen molar-refractivity contribution in [3.63, 3.8) is 0 Å². The summed E-state index contributed by atoms with van der Waals surface area (Å²) in [4.78, 5) is 161. The number of aliphatic hydroxyl groups is 2. The molecule has 1 aromatic rings. The van der Waals surface area contributed by atoms with Crippen LogP contribution in [0.25, 0.3) is 0 Å². The fourth-order valence-corrected chi connectivity index (χ4v) is 6.53. The number of hydrogen-bond donors (Lipinski definition) is 16. The van der Waals surface area contributed by atoms with Gasteiger partial charge in [0.05, 0.1) is 38.4 Å². The summed E-state index contributed by atoms with van der Waals surface area (Å²) in [6.07, 6.45) is -0.110. The maximum Gasteiger partial charge on any atom is 0.328 e. The number of carboxylic acids is 2. The Morgan fingerprint density at radius 1 is 0.592 bits per heavy atom. The van der Waals surface area contributed by atoms with Crippen LogP contribution >= 0.6 is 0 Å². The fraction of sp³-hybridized carbons (Fsp3) is 0.643. The lowest BCUT2D eigenvalue weighted by Crippen LogP contribution is -2.62. The minimum Gasteiger partial charge on any atom is -0.481 e. The maximum absolute atomic E-state index is 14.0. The molecule has 10 atom stereocenters. The molecular weight excluding hydrogens is 943 g/mol. The summed E-state index contributed by atoms with van der Waals surface area (Å²) in [5, 5.41) is 56.8. The number of H-pyrrole nitrogens is 1. The zero-order chi connectivity index (χ0) is 54.3. The van der Waals surface area contributed by atoms with Gasteiger partial charge < -0.3 is 85.1 Å². The molecule has 0 radical (unpaired) electrons. The number of nitrogens with zero attached hydrogens (tertiary/aromatic N) is 1. The largest absolute Gasteiger partial charge is 0.481 e. The number of amides is 10. The molecule has 10 amide bonds. The zero-order valence-electron chi connectivity index (χ0n) is 40.3. The van der Waals surface area contributed by atoms with Crippen molar-refractivity contribution in [1.82, 2.24) is 52.5 Å². The minimum absolute atomic E-state index is 0.0448. The molecule has 29 nitrogen and oxygen atoms in total. The van der Waals surface area contributed by atoms with Crippen LogP contribution in [-0.2, 0) is 64.0 Å². The van der Waals surface area contributed by atoms with E-state index in [2.05, 4.69) is 52.5 Å². The highest BCUT2D eigenvalue weighted by molar-refractivity contribution is 5.99. The number of primary amides is 2. The number of nitrogens with two attached hydrogens (primary N) is 3. The molecule has 0 bridgehead atoms. The third-order valence-corrected chi connectivity index (χ3v) is 10.7. The van der Waals surface area contributed by atoms with Crippen LogP contribution < -0.4 is 59.7 Å². The average molecular weight is 1010 g/mol. The van der Waals surface area contributed by atoms with Gasteiger partial charge in [0.15, 0.2) is 0 Å². The van der Waals surface area contributed by atoms with E-state index in [1.807, 2.05) is 0 Å². The van der Waals surface area contributed by atoms with Crippen LogP contribution in [0.5, 0.6) is 0 Å². The Morgan fingerprint density at radius 3 is 1.54 bits per heavy atom. The van der Waals surface area contributed by atoms with Gasteiger partial charge in [-0.05, 0) is 30.6 Å². The first-order valence-corrected chi connectivity index (χ1v) is 22.5. The van der Waals surface area contributed by atoms with E-state index in [1.165, 1.54) is 26.4 Å². The Bertz CT molecular complexity index is 2040. The van der Waals surface area contributed by atoms with Crippen LogP contribution in [0.4, 0.5) is 0 Å². The predicted octanol–water partition coefficient (Wildman–Crippen LogP) is -6.41. The van der Waals surface area contributed by atoms with Gasteiger partial charge in [-0.15, -0.1) is 0 Å². The van der Waals surface area contributed by atoms with Crippen molar-refractivity contribution in [2.45, 2.75) is 141 Å². The van der Waals surface area contributed by atoms with Crippen LogP contribution in [0, 0.1) is 17.8 Å². The first-order valence-electron chi connectivity index (χ1n) is 22.5. The zero-order valence-corrected chi connectivity index (χ0v) is 40.3. The number of aliphatic carboxylic acids is 2. The van der Waals surface area contributed by atoms with Gasteiger partial charge >= 0.3 is 11.9 Å². The Kier molecular flexibility index (Phi) is 26.4. The molecular formula is C42H69N13O16. The maximum atomic E-state index is 14.0. The van der Waals surface area contributed by atoms with Crippen LogP contribution in [0.3, 0.4) is 0 Å². The summed E-state index contributed by atoms with van der Waals surface area (Å²) in [7, 11) is 0. The van der Waals surface area contributed by atoms with Gasteiger partial charge in [0.1, 0.15) is 48.3 Å². The molecule has 0 unspecified atom stereocenters. The highest BCUT2D eigenvalue weighted by atomic mass is 16.4. The average Bonchev–Trinajstić information content (AvgIpc) is 3.80. The molecule has 19 N–H and O–H groups in total. The van der Waals surface area contributed by atoms with Gasteiger partial charge in [-0.2, -0.15) is 0 Å². The van der Waals surface area contributed by atoms with Crippen molar-refractivity contribution in [1.29, 1.82) is 0 Å². The van der Waals surface area contributed by atoms with Crippen LogP contribution in [-0.4, -0.2) is 169 Å². The quantitative estimate of drug-likeness (QED) is 0.0311. The molecule has 0 aliphatic carbocycles. The van der Waals surface area contributed by atoms with E-state index in [1.54, 1.807) is 27.7 Å². The lowest BCUT2D eigenvalue weighted by Gasteiger charge is -2.29. The number of imidazole rings is 1. The standard InChI is InChI=1S/C42H69N13O16/c1-7-20(6)33(41(69)53-28(16-57)42(70)71)55-35(63)23(8-9-29(44)58)48-40(68)32(19(4)5)54-38(66)24(11-21-14-46-17-47-21)50-39(67)27(15-56)52-37(65)26(13-31(60)61)51-36(64)25(12-30(45)59)49-34(62)22(43)10-18(2)3/h14,17-20,22-28,32-33,56-57H,7-13,15-16,43H2,1-6H3,(H2,44,58)(H2,45,59)(H,46,47)(H,48,68)(H,49,62)(H,50,67)(H,51,64)(H,52,65)(H,53,69)(H,54,66)(H,55,63)(H,60,61)(H,70,71)/t20-,22-,23-,24-,25-,26-,27-,28-,32-,33-/m0/s1. The predicted molar refractivity (Wildman–Crippen MR) is 246 cm³/mol. The van der Waals surface area contributed by atoms with Gasteiger partial charge in [0, 0.05) is 24.7 Å². The second kappa shape index (κ2) is 30.4. The van der Waals surface area contributed by atoms with Crippen LogP contribution in [0.2, 0.25) is 0 Å². The minimum atomic E-state index is -1.99.